The zero-order valence-electron chi connectivity index (χ0n) is 9.90. The van der Waals surface area contributed by atoms with E-state index in [4.69, 9.17) is 9.47 Å². The molecule has 4 nitrogen and oxygen atoms in total. The van der Waals surface area contributed by atoms with E-state index < -0.39 is 0 Å². The first-order valence-electron chi connectivity index (χ1n) is 5.73. The first-order chi connectivity index (χ1) is 7.81. The Balaban J connectivity index is 2.17. The molecular formula is C12H18N2O2. The monoisotopic (exact) mass is 222 g/mol. The summed E-state index contributed by atoms with van der Waals surface area (Å²) in [6, 6.07) is 2.02. The van der Waals surface area contributed by atoms with E-state index in [0.29, 0.717) is 6.61 Å². The van der Waals surface area contributed by atoms with Gasteiger partial charge in [0.2, 0.25) is 0 Å². The minimum Gasteiger partial charge on any atom is -0.493 e. The van der Waals surface area contributed by atoms with Gasteiger partial charge in [-0.15, -0.1) is 0 Å². The molecule has 1 fully saturated rings. The number of pyridine rings is 1. The van der Waals surface area contributed by atoms with Crippen molar-refractivity contribution in [3.8, 4) is 5.75 Å². The van der Waals surface area contributed by atoms with E-state index in [9.17, 15) is 0 Å². The molecule has 0 N–H and O–H groups in total. The summed E-state index contributed by atoms with van der Waals surface area (Å²) in [7, 11) is 0. The van der Waals surface area contributed by atoms with E-state index >= 15 is 0 Å². The van der Waals surface area contributed by atoms with Gasteiger partial charge in [0.1, 0.15) is 11.6 Å². The Kier molecular flexibility index (Phi) is 3.62. The van der Waals surface area contributed by atoms with Crippen molar-refractivity contribution in [2.45, 2.75) is 13.8 Å². The third kappa shape index (κ3) is 2.44. The highest BCUT2D eigenvalue weighted by Gasteiger charge is 2.13. The van der Waals surface area contributed by atoms with Crippen molar-refractivity contribution in [3.05, 3.63) is 17.8 Å². The molecule has 1 aromatic heterocycles. The van der Waals surface area contributed by atoms with Gasteiger partial charge in [-0.2, -0.15) is 0 Å². The molecule has 0 unspecified atom stereocenters. The fourth-order valence-electron chi connectivity index (χ4n) is 1.77. The maximum atomic E-state index is 5.57. The molecule has 1 aliphatic heterocycles. The molecule has 16 heavy (non-hydrogen) atoms. The lowest BCUT2D eigenvalue weighted by Crippen LogP contribution is -2.36. The highest BCUT2D eigenvalue weighted by atomic mass is 16.5. The Bertz CT molecular complexity index is 349. The second-order valence-electron chi connectivity index (χ2n) is 3.84. The first kappa shape index (κ1) is 11.2. The maximum absolute atomic E-state index is 5.57. The Labute approximate surface area is 96.2 Å². The number of morpholine rings is 1. The van der Waals surface area contributed by atoms with Crippen molar-refractivity contribution in [2.75, 3.05) is 37.8 Å². The van der Waals surface area contributed by atoms with Crippen LogP contribution in [-0.4, -0.2) is 37.9 Å². The molecule has 1 aliphatic rings. The molecule has 0 spiro atoms. The SMILES string of the molecule is CCOc1cc(N2CCOCC2)ncc1C. The van der Waals surface area contributed by atoms with Crippen LogP contribution in [0.25, 0.3) is 0 Å². The van der Waals surface area contributed by atoms with Crippen molar-refractivity contribution in [1.82, 2.24) is 4.98 Å². The molecule has 0 radical (unpaired) electrons. The zero-order chi connectivity index (χ0) is 11.4. The van der Waals surface area contributed by atoms with Crippen LogP contribution >= 0.6 is 0 Å². The van der Waals surface area contributed by atoms with E-state index in [-0.39, 0.29) is 0 Å². The third-order valence-electron chi connectivity index (χ3n) is 2.67. The van der Waals surface area contributed by atoms with E-state index in [1.165, 1.54) is 0 Å². The quantitative estimate of drug-likeness (QED) is 0.778. The van der Waals surface area contributed by atoms with Crippen LogP contribution in [0.3, 0.4) is 0 Å². The van der Waals surface area contributed by atoms with Gasteiger partial charge in [-0.1, -0.05) is 0 Å². The highest BCUT2D eigenvalue weighted by Crippen LogP contribution is 2.23. The number of anilines is 1. The van der Waals surface area contributed by atoms with Crippen LogP contribution in [0.2, 0.25) is 0 Å². The largest absolute Gasteiger partial charge is 0.493 e. The van der Waals surface area contributed by atoms with Crippen LogP contribution in [0.15, 0.2) is 12.3 Å². The average molecular weight is 222 g/mol. The van der Waals surface area contributed by atoms with Gasteiger partial charge >= 0.3 is 0 Å². The lowest BCUT2D eigenvalue weighted by molar-refractivity contribution is 0.122. The molecule has 1 aromatic rings. The molecular weight excluding hydrogens is 204 g/mol. The number of nitrogens with zero attached hydrogens (tertiary/aromatic N) is 2. The minimum absolute atomic E-state index is 0.688. The molecule has 0 bridgehead atoms. The molecule has 2 heterocycles. The Hall–Kier alpha value is -1.29. The number of aromatic nitrogens is 1. The predicted molar refractivity (Wildman–Crippen MR) is 63.2 cm³/mol. The Morgan fingerprint density at radius 1 is 1.44 bits per heavy atom. The number of rotatable bonds is 3. The minimum atomic E-state index is 0.688. The van der Waals surface area contributed by atoms with Crippen molar-refractivity contribution in [3.63, 3.8) is 0 Å². The van der Waals surface area contributed by atoms with Crippen LogP contribution in [0.5, 0.6) is 5.75 Å². The number of hydrogen-bond acceptors (Lipinski definition) is 4. The van der Waals surface area contributed by atoms with E-state index in [2.05, 4.69) is 9.88 Å². The maximum Gasteiger partial charge on any atom is 0.132 e. The molecule has 0 atom stereocenters. The molecule has 0 aromatic carbocycles. The number of hydrogen-bond donors (Lipinski definition) is 0. The van der Waals surface area contributed by atoms with Crippen LogP contribution in [-0.2, 0) is 4.74 Å². The molecule has 1 saturated heterocycles. The van der Waals surface area contributed by atoms with Gasteiger partial charge in [0.15, 0.2) is 0 Å². The molecule has 2 rings (SSSR count). The zero-order valence-corrected chi connectivity index (χ0v) is 9.90. The van der Waals surface area contributed by atoms with E-state index in [0.717, 1.165) is 43.4 Å². The van der Waals surface area contributed by atoms with Crippen LogP contribution < -0.4 is 9.64 Å². The molecule has 88 valence electrons. The molecule has 0 saturated carbocycles. The normalized spacial score (nSPS) is 16.2. The van der Waals surface area contributed by atoms with Gasteiger partial charge in [-0.05, 0) is 13.8 Å². The van der Waals surface area contributed by atoms with Crippen LogP contribution in [0, 0.1) is 6.92 Å². The fourth-order valence-corrected chi connectivity index (χ4v) is 1.77. The molecule has 4 heteroatoms. The lowest BCUT2D eigenvalue weighted by atomic mass is 10.2. The summed E-state index contributed by atoms with van der Waals surface area (Å²) in [5.41, 5.74) is 1.08. The summed E-state index contributed by atoms with van der Waals surface area (Å²) in [6.07, 6.45) is 1.87. The smallest absolute Gasteiger partial charge is 0.132 e. The van der Waals surface area contributed by atoms with Crippen molar-refractivity contribution < 1.29 is 9.47 Å². The third-order valence-corrected chi connectivity index (χ3v) is 2.67. The van der Waals surface area contributed by atoms with Gasteiger partial charge in [0.05, 0.1) is 19.8 Å². The summed E-state index contributed by atoms with van der Waals surface area (Å²) < 4.78 is 10.9. The summed E-state index contributed by atoms with van der Waals surface area (Å²) in [5, 5.41) is 0. The van der Waals surface area contributed by atoms with Gasteiger partial charge in [-0.3, -0.25) is 0 Å². The number of ether oxygens (including phenoxy) is 2. The second-order valence-corrected chi connectivity index (χ2v) is 3.84. The summed E-state index contributed by atoms with van der Waals surface area (Å²) in [5.74, 6) is 1.91. The molecule has 0 amide bonds. The first-order valence-corrected chi connectivity index (χ1v) is 5.73. The predicted octanol–water partition coefficient (Wildman–Crippen LogP) is 1.63. The second kappa shape index (κ2) is 5.16. The topological polar surface area (TPSA) is 34.6 Å². The van der Waals surface area contributed by atoms with Gasteiger partial charge in [0, 0.05) is 30.9 Å². The van der Waals surface area contributed by atoms with Gasteiger partial charge < -0.3 is 14.4 Å². The van der Waals surface area contributed by atoms with E-state index in [1.54, 1.807) is 0 Å². The van der Waals surface area contributed by atoms with Crippen LogP contribution in [0.1, 0.15) is 12.5 Å². The van der Waals surface area contributed by atoms with Gasteiger partial charge in [-0.25, -0.2) is 4.98 Å². The Morgan fingerprint density at radius 3 is 2.88 bits per heavy atom. The van der Waals surface area contributed by atoms with E-state index in [1.807, 2.05) is 26.1 Å². The number of aryl methyl sites for hydroxylation is 1. The average Bonchev–Trinajstić information content (AvgIpc) is 2.33. The van der Waals surface area contributed by atoms with Crippen molar-refractivity contribution in [1.29, 1.82) is 0 Å². The Morgan fingerprint density at radius 2 is 2.19 bits per heavy atom. The summed E-state index contributed by atoms with van der Waals surface area (Å²) >= 11 is 0. The van der Waals surface area contributed by atoms with Crippen LogP contribution in [0.4, 0.5) is 5.82 Å². The lowest BCUT2D eigenvalue weighted by Gasteiger charge is -2.28. The highest BCUT2D eigenvalue weighted by molar-refractivity contribution is 5.47. The van der Waals surface area contributed by atoms with Crippen molar-refractivity contribution >= 4 is 5.82 Å². The summed E-state index contributed by atoms with van der Waals surface area (Å²) in [6.45, 7) is 8.06. The van der Waals surface area contributed by atoms with Gasteiger partial charge in [0.25, 0.3) is 0 Å². The molecule has 0 aliphatic carbocycles. The fraction of sp³-hybridized carbons (Fsp3) is 0.583. The van der Waals surface area contributed by atoms with Crippen molar-refractivity contribution in [2.24, 2.45) is 0 Å². The standard InChI is InChI=1S/C12H18N2O2/c1-3-16-11-8-12(13-9-10(11)2)14-4-6-15-7-5-14/h8-9H,3-7H2,1-2H3. The summed E-state index contributed by atoms with van der Waals surface area (Å²) in [4.78, 5) is 6.66.